The molecule has 0 spiro atoms. The van der Waals surface area contributed by atoms with E-state index in [-0.39, 0.29) is 17.9 Å². The quantitative estimate of drug-likeness (QED) is 0.489. The summed E-state index contributed by atoms with van der Waals surface area (Å²) in [6, 6.07) is 15.6. The topological polar surface area (TPSA) is 76.9 Å². The third-order valence-corrected chi connectivity index (χ3v) is 5.76. The molecule has 0 bridgehead atoms. The van der Waals surface area contributed by atoms with Gasteiger partial charge in [0.25, 0.3) is 5.56 Å². The summed E-state index contributed by atoms with van der Waals surface area (Å²) in [5.41, 5.74) is 3.55. The number of nitrogens with one attached hydrogen (secondary N) is 1. The summed E-state index contributed by atoms with van der Waals surface area (Å²) < 4.78 is 1.27. The third-order valence-electron chi connectivity index (χ3n) is 5.01. The molecule has 1 N–H and O–H groups in total. The minimum absolute atomic E-state index is 0.0629. The number of thiazole rings is 1. The normalized spacial score (nSPS) is 11.2. The van der Waals surface area contributed by atoms with Gasteiger partial charge in [0.1, 0.15) is 0 Å². The number of aromatic nitrogens is 3. The minimum Gasteiger partial charge on any atom is -0.302 e. The van der Waals surface area contributed by atoms with Crippen molar-refractivity contribution in [1.29, 1.82) is 0 Å². The fourth-order valence-electron chi connectivity index (χ4n) is 3.57. The molecule has 0 aliphatic carbocycles. The number of amides is 1. The second-order valence-electron chi connectivity index (χ2n) is 7.98. The monoisotopic (exact) mass is 432 g/mol. The van der Waals surface area contributed by atoms with Crippen LogP contribution >= 0.6 is 11.3 Å². The summed E-state index contributed by atoms with van der Waals surface area (Å²) in [6.07, 6.45) is 1.11. The molecule has 6 nitrogen and oxygen atoms in total. The van der Waals surface area contributed by atoms with Crippen LogP contribution in [0.1, 0.15) is 25.1 Å². The van der Waals surface area contributed by atoms with Crippen LogP contribution in [-0.2, 0) is 24.7 Å². The zero-order valence-electron chi connectivity index (χ0n) is 17.8. The van der Waals surface area contributed by atoms with E-state index in [1.165, 1.54) is 21.6 Å². The molecule has 2 aromatic heterocycles. The van der Waals surface area contributed by atoms with Crippen LogP contribution in [0, 0.1) is 5.92 Å². The lowest BCUT2D eigenvalue weighted by Crippen LogP contribution is -2.24. The van der Waals surface area contributed by atoms with Gasteiger partial charge in [0.15, 0.2) is 5.13 Å². The van der Waals surface area contributed by atoms with Gasteiger partial charge < -0.3 is 5.32 Å². The maximum absolute atomic E-state index is 12.6. The molecular formula is C24H24N4O2S. The standard InChI is InChI=1S/C24H24N4O2S/c1-15(2)12-16-8-10-17(11-9-16)21-14-31-24(25-21)26-22(29)13-20-18-6-4-5-7-19(18)23(30)28(3)27-20/h4-11,14-15H,12-13H2,1-3H3,(H,25,26,29). The van der Waals surface area contributed by atoms with Gasteiger partial charge in [0.2, 0.25) is 5.91 Å². The average molecular weight is 433 g/mol. The van der Waals surface area contributed by atoms with E-state index in [2.05, 4.69) is 53.5 Å². The van der Waals surface area contributed by atoms with Crippen LogP contribution in [0.4, 0.5) is 5.13 Å². The zero-order chi connectivity index (χ0) is 22.0. The van der Waals surface area contributed by atoms with Gasteiger partial charge in [-0.2, -0.15) is 5.10 Å². The molecule has 2 heterocycles. The highest BCUT2D eigenvalue weighted by Crippen LogP contribution is 2.26. The van der Waals surface area contributed by atoms with Crippen molar-refractivity contribution in [2.45, 2.75) is 26.7 Å². The van der Waals surface area contributed by atoms with Gasteiger partial charge in [-0.15, -0.1) is 11.3 Å². The summed E-state index contributed by atoms with van der Waals surface area (Å²) in [5, 5.41) is 10.9. The Balaban J connectivity index is 1.48. The van der Waals surface area contributed by atoms with Crippen LogP contribution < -0.4 is 10.9 Å². The molecule has 31 heavy (non-hydrogen) atoms. The predicted octanol–water partition coefficient (Wildman–Crippen LogP) is 4.44. The molecule has 0 atom stereocenters. The Morgan fingerprint density at radius 2 is 1.81 bits per heavy atom. The van der Waals surface area contributed by atoms with Crippen LogP contribution in [0.5, 0.6) is 0 Å². The molecule has 0 unspecified atom stereocenters. The van der Waals surface area contributed by atoms with Crippen molar-refractivity contribution >= 4 is 33.1 Å². The summed E-state index contributed by atoms with van der Waals surface area (Å²) in [6.45, 7) is 4.41. The number of rotatable bonds is 6. The van der Waals surface area contributed by atoms with E-state index in [1.807, 2.05) is 17.5 Å². The van der Waals surface area contributed by atoms with Crippen molar-refractivity contribution in [1.82, 2.24) is 14.8 Å². The predicted molar refractivity (Wildman–Crippen MR) is 125 cm³/mol. The highest BCUT2D eigenvalue weighted by atomic mass is 32.1. The molecule has 4 aromatic rings. The first kappa shape index (κ1) is 20.9. The Morgan fingerprint density at radius 1 is 1.10 bits per heavy atom. The second-order valence-corrected chi connectivity index (χ2v) is 8.84. The smallest absolute Gasteiger partial charge is 0.274 e. The van der Waals surface area contributed by atoms with E-state index in [1.54, 1.807) is 19.2 Å². The summed E-state index contributed by atoms with van der Waals surface area (Å²) in [4.78, 5) is 29.5. The SMILES string of the molecule is CC(C)Cc1ccc(-c2csc(NC(=O)Cc3nn(C)c(=O)c4ccccc34)n2)cc1. The fraction of sp³-hybridized carbons (Fsp3) is 0.250. The van der Waals surface area contributed by atoms with Crippen molar-refractivity contribution in [3.8, 4) is 11.3 Å². The lowest BCUT2D eigenvalue weighted by molar-refractivity contribution is -0.115. The van der Waals surface area contributed by atoms with E-state index in [9.17, 15) is 9.59 Å². The fourth-order valence-corrected chi connectivity index (χ4v) is 4.30. The maximum Gasteiger partial charge on any atom is 0.274 e. The molecule has 0 aliphatic heterocycles. The van der Waals surface area contributed by atoms with Gasteiger partial charge in [0, 0.05) is 23.4 Å². The Morgan fingerprint density at radius 3 is 2.52 bits per heavy atom. The number of hydrogen-bond donors (Lipinski definition) is 1. The first-order valence-corrected chi connectivity index (χ1v) is 11.1. The van der Waals surface area contributed by atoms with Crippen molar-refractivity contribution < 1.29 is 4.79 Å². The van der Waals surface area contributed by atoms with Crippen LogP contribution in [-0.4, -0.2) is 20.7 Å². The van der Waals surface area contributed by atoms with E-state index in [4.69, 9.17) is 0 Å². The second kappa shape index (κ2) is 8.81. The van der Waals surface area contributed by atoms with E-state index in [0.717, 1.165) is 17.7 Å². The van der Waals surface area contributed by atoms with Crippen molar-refractivity contribution in [3.05, 3.63) is 75.5 Å². The van der Waals surface area contributed by atoms with Gasteiger partial charge in [0.05, 0.1) is 23.2 Å². The van der Waals surface area contributed by atoms with E-state index < -0.39 is 0 Å². The lowest BCUT2D eigenvalue weighted by Gasteiger charge is -2.07. The largest absolute Gasteiger partial charge is 0.302 e. The number of carbonyl (C=O) groups excluding carboxylic acids is 1. The Labute approximate surface area is 184 Å². The van der Waals surface area contributed by atoms with Crippen LogP contribution in [0.3, 0.4) is 0 Å². The zero-order valence-corrected chi connectivity index (χ0v) is 18.6. The summed E-state index contributed by atoms with van der Waals surface area (Å²) >= 11 is 1.39. The molecule has 158 valence electrons. The molecule has 2 aromatic carbocycles. The number of nitrogens with zero attached hydrogens (tertiary/aromatic N) is 3. The van der Waals surface area contributed by atoms with Gasteiger partial charge in [-0.1, -0.05) is 56.3 Å². The first-order valence-electron chi connectivity index (χ1n) is 10.2. The van der Waals surface area contributed by atoms with Crippen LogP contribution in [0.15, 0.2) is 58.7 Å². The number of carbonyl (C=O) groups is 1. The minimum atomic E-state index is -0.218. The Kier molecular flexibility index (Phi) is 5.95. The van der Waals surface area contributed by atoms with E-state index >= 15 is 0 Å². The molecule has 0 saturated heterocycles. The van der Waals surface area contributed by atoms with Crippen molar-refractivity contribution in [2.75, 3.05) is 5.32 Å². The summed E-state index contributed by atoms with van der Waals surface area (Å²) in [5.74, 6) is 0.398. The average Bonchev–Trinajstić information content (AvgIpc) is 3.20. The third kappa shape index (κ3) is 4.72. The highest BCUT2D eigenvalue weighted by Gasteiger charge is 2.14. The molecular weight excluding hydrogens is 408 g/mol. The first-order chi connectivity index (χ1) is 14.9. The highest BCUT2D eigenvalue weighted by molar-refractivity contribution is 7.14. The molecule has 1 amide bonds. The molecule has 0 radical (unpaired) electrons. The molecule has 0 saturated carbocycles. The lowest BCUT2D eigenvalue weighted by atomic mass is 10.0. The van der Waals surface area contributed by atoms with Crippen molar-refractivity contribution in [3.63, 3.8) is 0 Å². The maximum atomic E-state index is 12.6. The molecule has 0 aliphatic rings. The number of benzene rings is 2. The Hall–Kier alpha value is -3.32. The van der Waals surface area contributed by atoms with E-state index in [0.29, 0.717) is 27.5 Å². The molecule has 4 rings (SSSR count). The molecule has 7 heteroatoms. The van der Waals surface area contributed by atoms with Crippen molar-refractivity contribution in [2.24, 2.45) is 13.0 Å². The number of anilines is 1. The number of hydrogen-bond acceptors (Lipinski definition) is 5. The molecule has 0 fully saturated rings. The number of aryl methyl sites for hydroxylation is 1. The van der Waals surface area contributed by atoms with Gasteiger partial charge in [-0.25, -0.2) is 9.67 Å². The van der Waals surface area contributed by atoms with Gasteiger partial charge >= 0.3 is 0 Å². The van der Waals surface area contributed by atoms with Crippen LogP contribution in [0.2, 0.25) is 0 Å². The number of fused-ring (bicyclic) bond motifs is 1. The Bertz CT molecular complexity index is 1290. The van der Waals surface area contributed by atoms with Crippen LogP contribution in [0.25, 0.3) is 22.0 Å². The summed E-state index contributed by atoms with van der Waals surface area (Å²) in [7, 11) is 1.59. The van der Waals surface area contributed by atoms with Gasteiger partial charge in [-0.05, 0) is 24.0 Å². The van der Waals surface area contributed by atoms with Gasteiger partial charge in [-0.3, -0.25) is 9.59 Å².